The van der Waals surface area contributed by atoms with Crippen molar-refractivity contribution in [3.8, 4) is 0 Å². The van der Waals surface area contributed by atoms with Gasteiger partial charge in [0.05, 0.1) is 6.61 Å². The van der Waals surface area contributed by atoms with Gasteiger partial charge in [0.25, 0.3) is 0 Å². The number of carbonyl (C=O) groups is 1. The Bertz CT molecular complexity index is 470. The van der Waals surface area contributed by atoms with Crippen molar-refractivity contribution in [3.63, 3.8) is 0 Å². The summed E-state index contributed by atoms with van der Waals surface area (Å²) in [4.78, 5) is 14.5. The van der Waals surface area contributed by atoms with Gasteiger partial charge in [-0.3, -0.25) is 0 Å². The van der Waals surface area contributed by atoms with Crippen LogP contribution in [0.4, 0.5) is 13.2 Å². The Morgan fingerprint density at radius 3 is 2.19 bits per heavy atom. The van der Waals surface area contributed by atoms with Gasteiger partial charge < -0.3 is 14.2 Å². The van der Waals surface area contributed by atoms with Gasteiger partial charge in [0.1, 0.15) is 4.88 Å². The SMILES string of the molecule is CCOC(=O)c1sc(C(OCC)OCC)nc1C(F)(F)F. The molecule has 0 atom stereocenters. The van der Waals surface area contributed by atoms with E-state index in [1.54, 1.807) is 13.8 Å². The number of esters is 1. The van der Waals surface area contributed by atoms with E-state index in [0.29, 0.717) is 11.3 Å². The van der Waals surface area contributed by atoms with Gasteiger partial charge in [-0.1, -0.05) is 0 Å². The number of thiazole rings is 1. The zero-order chi connectivity index (χ0) is 16.0. The van der Waals surface area contributed by atoms with Crippen molar-refractivity contribution in [1.82, 2.24) is 4.98 Å². The lowest BCUT2D eigenvalue weighted by molar-refractivity contribution is -0.147. The fraction of sp³-hybridized carbons (Fsp3) is 0.667. The van der Waals surface area contributed by atoms with Crippen molar-refractivity contribution >= 4 is 17.3 Å². The van der Waals surface area contributed by atoms with E-state index in [4.69, 9.17) is 9.47 Å². The van der Waals surface area contributed by atoms with Gasteiger partial charge in [-0.2, -0.15) is 13.2 Å². The summed E-state index contributed by atoms with van der Waals surface area (Å²) in [6.07, 6.45) is -5.78. The summed E-state index contributed by atoms with van der Waals surface area (Å²) in [5, 5.41) is -0.0610. The molecule has 1 aromatic heterocycles. The van der Waals surface area contributed by atoms with Crippen LogP contribution in [0.3, 0.4) is 0 Å². The quantitative estimate of drug-likeness (QED) is 0.567. The lowest BCUT2D eigenvalue weighted by atomic mass is 10.3. The molecule has 0 aliphatic rings. The van der Waals surface area contributed by atoms with Crippen molar-refractivity contribution in [2.75, 3.05) is 19.8 Å². The van der Waals surface area contributed by atoms with Crippen molar-refractivity contribution < 1.29 is 32.2 Å². The summed E-state index contributed by atoms with van der Waals surface area (Å²) >= 11 is 0.567. The second-order valence-corrected chi connectivity index (χ2v) is 4.72. The smallest absolute Gasteiger partial charge is 0.435 e. The molecule has 0 aliphatic heterocycles. The maximum absolute atomic E-state index is 13.0. The number of hydrogen-bond donors (Lipinski definition) is 0. The highest BCUT2D eigenvalue weighted by Gasteiger charge is 2.41. The standard InChI is InChI=1S/C12H16F3NO4S/c1-4-18-10(17)7-8(12(13,14)15)16-9(21-7)11(19-5-2)20-6-3/h11H,4-6H2,1-3H3. The average molecular weight is 327 g/mol. The summed E-state index contributed by atoms with van der Waals surface area (Å²) in [5.74, 6) is -1.06. The lowest BCUT2D eigenvalue weighted by Gasteiger charge is -2.13. The van der Waals surface area contributed by atoms with Crippen molar-refractivity contribution in [1.29, 1.82) is 0 Å². The molecule has 120 valence electrons. The van der Waals surface area contributed by atoms with Crippen LogP contribution in [0.2, 0.25) is 0 Å². The normalized spacial score (nSPS) is 12.0. The van der Waals surface area contributed by atoms with Crippen LogP contribution in [-0.4, -0.2) is 30.8 Å². The molecule has 0 radical (unpaired) electrons. The average Bonchev–Trinajstić information content (AvgIpc) is 2.83. The molecule has 0 amide bonds. The minimum atomic E-state index is -4.75. The third-order valence-electron chi connectivity index (χ3n) is 2.21. The molecular formula is C12H16F3NO4S. The maximum atomic E-state index is 13.0. The van der Waals surface area contributed by atoms with Crippen LogP contribution in [0, 0.1) is 0 Å². The molecule has 0 bridgehead atoms. The van der Waals surface area contributed by atoms with E-state index in [2.05, 4.69) is 9.72 Å². The van der Waals surface area contributed by atoms with Crippen LogP contribution in [0.25, 0.3) is 0 Å². The number of alkyl halides is 3. The zero-order valence-corrected chi connectivity index (χ0v) is 12.6. The molecule has 1 heterocycles. The summed E-state index contributed by atoms with van der Waals surface area (Å²) < 4.78 is 53.9. The Kier molecular flexibility index (Phi) is 6.56. The molecule has 1 rings (SSSR count). The van der Waals surface area contributed by atoms with E-state index in [1.165, 1.54) is 6.92 Å². The van der Waals surface area contributed by atoms with Crippen LogP contribution in [0.1, 0.15) is 47.4 Å². The molecule has 0 fully saturated rings. The van der Waals surface area contributed by atoms with Crippen molar-refractivity contribution in [3.05, 3.63) is 15.6 Å². The molecule has 21 heavy (non-hydrogen) atoms. The predicted molar refractivity (Wildman–Crippen MR) is 69.1 cm³/mol. The highest BCUT2D eigenvalue weighted by atomic mass is 32.1. The molecule has 0 unspecified atom stereocenters. The lowest BCUT2D eigenvalue weighted by Crippen LogP contribution is -2.14. The van der Waals surface area contributed by atoms with Crippen LogP contribution in [0.5, 0.6) is 0 Å². The second kappa shape index (κ2) is 7.71. The highest BCUT2D eigenvalue weighted by molar-refractivity contribution is 7.13. The Balaban J connectivity index is 3.21. The molecule has 0 N–H and O–H groups in total. The Morgan fingerprint density at radius 1 is 1.19 bits per heavy atom. The highest BCUT2D eigenvalue weighted by Crippen LogP contribution is 2.37. The molecule has 0 saturated carbocycles. The molecule has 0 saturated heterocycles. The number of hydrogen-bond acceptors (Lipinski definition) is 6. The van der Waals surface area contributed by atoms with E-state index in [-0.39, 0.29) is 24.8 Å². The molecule has 1 aromatic rings. The van der Waals surface area contributed by atoms with Crippen LogP contribution < -0.4 is 0 Å². The summed E-state index contributed by atoms with van der Waals surface area (Å²) in [6, 6.07) is 0. The molecular weight excluding hydrogens is 311 g/mol. The fourth-order valence-electron chi connectivity index (χ4n) is 1.46. The topological polar surface area (TPSA) is 57.7 Å². The fourth-order valence-corrected chi connectivity index (χ4v) is 2.44. The van der Waals surface area contributed by atoms with Crippen LogP contribution in [0.15, 0.2) is 0 Å². The Labute approximate surface area is 124 Å². The number of nitrogens with zero attached hydrogens (tertiary/aromatic N) is 1. The zero-order valence-electron chi connectivity index (χ0n) is 11.8. The summed E-state index contributed by atoms with van der Waals surface area (Å²) in [7, 11) is 0. The van der Waals surface area contributed by atoms with Gasteiger partial charge in [-0.25, -0.2) is 9.78 Å². The van der Waals surface area contributed by atoms with E-state index >= 15 is 0 Å². The predicted octanol–water partition coefficient (Wildman–Crippen LogP) is 3.41. The monoisotopic (exact) mass is 327 g/mol. The van der Waals surface area contributed by atoms with E-state index in [0.717, 1.165) is 0 Å². The number of ether oxygens (including phenoxy) is 3. The minimum Gasteiger partial charge on any atom is -0.462 e. The van der Waals surface area contributed by atoms with Crippen molar-refractivity contribution in [2.24, 2.45) is 0 Å². The molecule has 0 spiro atoms. The van der Waals surface area contributed by atoms with Gasteiger partial charge >= 0.3 is 12.1 Å². The largest absolute Gasteiger partial charge is 0.462 e. The molecule has 0 aromatic carbocycles. The van der Waals surface area contributed by atoms with E-state index in [1.807, 2.05) is 0 Å². The number of carbonyl (C=O) groups excluding carboxylic acids is 1. The maximum Gasteiger partial charge on any atom is 0.435 e. The van der Waals surface area contributed by atoms with Gasteiger partial charge in [-0.15, -0.1) is 11.3 Å². The van der Waals surface area contributed by atoms with E-state index < -0.39 is 29.0 Å². The van der Waals surface area contributed by atoms with Gasteiger partial charge in [0.2, 0.25) is 6.29 Å². The van der Waals surface area contributed by atoms with Gasteiger partial charge in [-0.05, 0) is 20.8 Å². The summed E-state index contributed by atoms with van der Waals surface area (Å²) in [6.45, 7) is 5.31. The van der Waals surface area contributed by atoms with Crippen LogP contribution >= 0.6 is 11.3 Å². The molecule has 5 nitrogen and oxygen atoms in total. The number of halogens is 3. The Hall–Kier alpha value is -1.19. The van der Waals surface area contributed by atoms with Gasteiger partial charge in [0, 0.05) is 13.2 Å². The first-order chi connectivity index (χ1) is 9.85. The molecule has 9 heteroatoms. The Morgan fingerprint density at radius 2 is 1.76 bits per heavy atom. The minimum absolute atomic E-state index is 0.0241. The first-order valence-corrected chi connectivity index (χ1v) is 7.14. The number of rotatable bonds is 7. The first kappa shape index (κ1) is 17.9. The van der Waals surface area contributed by atoms with Crippen LogP contribution in [-0.2, 0) is 20.4 Å². The third-order valence-corrected chi connectivity index (χ3v) is 3.27. The number of aromatic nitrogens is 1. The van der Waals surface area contributed by atoms with Gasteiger partial charge in [0.15, 0.2) is 10.7 Å². The van der Waals surface area contributed by atoms with Crippen molar-refractivity contribution in [2.45, 2.75) is 33.2 Å². The first-order valence-electron chi connectivity index (χ1n) is 6.33. The third kappa shape index (κ3) is 4.65. The molecule has 0 aliphatic carbocycles. The second-order valence-electron chi connectivity index (χ2n) is 3.69. The van der Waals surface area contributed by atoms with E-state index in [9.17, 15) is 18.0 Å². The summed E-state index contributed by atoms with van der Waals surface area (Å²) in [5.41, 5.74) is -1.27.